The smallest absolute Gasteiger partial charge is 0.251 e. The van der Waals surface area contributed by atoms with E-state index < -0.39 is 0 Å². The Kier molecular flexibility index (Phi) is 9.86. The summed E-state index contributed by atoms with van der Waals surface area (Å²) >= 11 is 0. The number of amides is 1. The van der Waals surface area contributed by atoms with Crippen LogP contribution >= 0.6 is 24.8 Å². The Morgan fingerprint density at radius 3 is 2.81 bits per heavy atom. The standard InChI is InChI=1S/C20H23N3O2.2ClH/c1-15-5-6-19(13-22-15)25-14-17-3-2-4-18(11-17)20(24)23-12-16-7-9-21-10-8-16;;/h2-7,11,13,21H,8-10,12,14H2,1H3,(H,23,24);2*1H. The highest BCUT2D eigenvalue weighted by Gasteiger charge is 2.09. The molecular formula is C20H25Cl2N3O2. The molecule has 0 radical (unpaired) electrons. The van der Waals surface area contributed by atoms with Gasteiger partial charge in [0.25, 0.3) is 5.91 Å². The van der Waals surface area contributed by atoms with Crippen molar-refractivity contribution >= 4 is 30.7 Å². The van der Waals surface area contributed by atoms with Gasteiger partial charge >= 0.3 is 0 Å². The van der Waals surface area contributed by atoms with Crippen LogP contribution in [0.3, 0.4) is 0 Å². The molecule has 2 aromatic rings. The third-order valence-electron chi connectivity index (χ3n) is 4.11. The minimum absolute atomic E-state index is 0. The first-order valence-electron chi connectivity index (χ1n) is 8.52. The normalized spacial score (nSPS) is 12.9. The minimum atomic E-state index is -0.0571. The summed E-state index contributed by atoms with van der Waals surface area (Å²) < 4.78 is 5.73. The van der Waals surface area contributed by atoms with Crippen LogP contribution in [0, 0.1) is 6.92 Å². The van der Waals surface area contributed by atoms with Crippen LogP contribution in [0.25, 0.3) is 0 Å². The van der Waals surface area contributed by atoms with Crippen molar-refractivity contribution in [2.45, 2.75) is 20.0 Å². The van der Waals surface area contributed by atoms with E-state index in [1.807, 2.05) is 43.3 Å². The average molecular weight is 410 g/mol. The predicted octanol–water partition coefficient (Wildman–Crippen LogP) is 3.46. The van der Waals surface area contributed by atoms with Crippen molar-refractivity contribution in [3.8, 4) is 5.75 Å². The van der Waals surface area contributed by atoms with Crippen LogP contribution in [0.15, 0.2) is 54.2 Å². The van der Waals surface area contributed by atoms with Gasteiger partial charge < -0.3 is 15.4 Å². The summed E-state index contributed by atoms with van der Waals surface area (Å²) in [4.78, 5) is 16.6. The Morgan fingerprint density at radius 1 is 1.26 bits per heavy atom. The quantitative estimate of drug-likeness (QED) is 0.716. The number of aromatic nitrogens is 1. The number of ether oxygens (including phenoxy) is 1. The Labute approximate surface area is 172 Å². The second-order valence-corrected chi connectivity index (χ2v) is 6.12. The van der Waals surface area contributed by atoms with E-state index in [2.05, 4.69) is 21.7 Å². The lowest BCUT2D eigenvalue weighted by atomic mass is 10.1. The fourth-order valence-electron chi connectivity index (χ4n) is 2.63. The SMILES string of the molecule is Cc1ccc(OCc2cccc(C(=O)NCC3=CCNCC3)c2)cn1.Cl.Cl. The van der Waals surface area contributed by atoms with Gasteiger partial charge in [-0.2, -0.15) is 0 Å². The molecule has 0 spiro atoms. The largest absolute Gasteiger partial charge is 0.487 e. The Morgan fingerprint density at radius 2 is 2.11 bits per heavy atom. The first kappa shape index (κ1) is 23.0. The van der Waals surface area contributed by atoms with E-state index in [4.69, 9.17) is 4.74 Å². The van der Waals surface area contributed by atoms with Crippen LogP contribution < -0.4 is 15.4 Å². The lowest BCUT2D eigenvalue weighted by Crippen LogP contribution is -2.29. The molecule has 146 valence electrons. The first-order valence-corrected chi connectivity index (χ1v) is 8.52. The van der Waals surface area contributed by atoms with Gasteiger partial charge in [0.1, 0.15) is 12.4 Å². The average Bonchev–Trinajstić information content (AvgIpc) is 2.67. The number of hydrogen-bond donors (Lipinski definition) is 2. The van der Waals surface area contributed by atoms with Crippen molar-refractivity contribution in [2.24, 2.45) is 0 Å². The highest BCUT2D eigenvalue weighted by Crippen LogP contribution is 2.13. The summed E-state index contributed by atoms with van der Waals surface area (Å²) in [6.07, 6.45) is 4.83. The third-order valence-corrected chi connectivity index (χ3v) is 4.11. The number of hydrogen-bond acceptors (Lipinski definition) is 4. The number of aryl methyl sites for hydroxylation is 1. The van der Waals surface area contributed by atoms with Gasteiger partial charge in [0.15, 0.2) is 0 Å². The fourth-order valence-corrected chi connectivity index (χ4v) is 2.63. The molecule has 2 N–H and O–H groups in total. The van der Waals surface area contributed by atoms with Gasteiger partial charge in [-0.15, -0.1) is 24.8 Å². The van der Waals surface area contributed by atoms with Crippen molar-refractivity contribution in [2.75, 3.05) is 19.6 Å². The van der Waals surface area contributed by atoms with Gasteiger partial charge in [-0.05, 0) is 49.7 Å². The molecule has 5 nitrogen and oxygen atoms in total. The van der Waals surface area contributed by atoms with Gasteiger partial charge in [0, 0.05) is 24.3 Å². The van der Waals surface area contributed by atoms with E-state index in [-0.39, 0.29) is 30.7 Å². The van der Waals surface area contributed by atoms with Crippen molar-refractivity contribution < 1.29 is 9.53 Å². The zero-order chi connectivity index (χ0) is 17.5. The summed E-state index contributed by atoms with van der Waals surface area (Å²) in [6.45, 7) is 4.80. The summed E-state index contributed by atoms with van der Waals surface area (Å²) in [5, 5.41) is 6.25. The Hall–Kier alpha value is -2.08. The van der Waals surface area contributed by atoms with Crippen molar-refractivity contribution in [1.82, 2.24) is 15.6 Å². The van der Waals surface area contributed by atoms with Gasteiger partial charge in [-0.1, -0.05) is 23.8 Å². The molecule has 0 atom stereocenters. The van der Waals surface area contributed by atoms with Gasteiger partial charge in [-0.25, -0.2) is 0 Å². The highest BCUT2D eigenvalue weighted by atomic mass is 35.5. The minimum Gasteiger partial charge on any atom is -0.487 e. The molecule has 0 bridgehead atoms. The Balaban J connectivity index is 0.00000182. The molecule has 0 fully saturated rings. The number of pyridine rings is 1. The molecule has 1 aromatic carbocycles. The van der Waals surface area contributed by atoms with Crippen LogP contribution in [0.1, 0.15) is 28.0 Å². The molecule has 1 amide bonds. The van der Waals surface area contributed by atoms with Crippen molar-refractivity contribution in [3.05, 3.63) is 71.1 Å². The number of halogens is 2. The molecule has 1 aliphatic heterocycles. The summed E-state index contributed by atoms with van der Waals surface area (Å²) in [5.41, 5.74) is 3.83. The van der Waals surface area contributed by atoms with Crippen molar-refractivity contribution in [1.29, 1.82) is 0 Å². The number of benzene rings is 1. The van der Waals surface area contributed by atoms with E-state index in [1.165, 1.54) is 5.57 Å². The number of nitrogens with one attached hydrogen (secondary N) is 2. The van der Waals surface area contributed by atoms with E-state index in [0.29, 0.717) is 18.7 Å². The molecule has 0 aliphatic carbocycles. The fraction of sp³-hybridized carbons (Fsp3) is 0.300. The summed E-state index contributed by atoms with van der Waals surface area (Å²) in [5.74, 6) is 0.664. The topological polar surface area (TPSA) is 63.2 Å². The van der Waals surface area contributed by atoms with Crippen LogP contribution in [0.4, 0.5) is 0 Å². The number of carbonyl (C=O) groups excluding carboxylic acids is 1. The molecular weight excluding hydrogens is 385 g/mol. The van der Waals surface area contributed by atoms with Crippen LogP contribution in [-0.4, -0.2) is 30.5 Å². The predicted molar refractivity (Wildman–Crippen MR) is 112 cm³/mol. The van der Waals surface area contributed by atoms with E-state index in [0.717, 1.165) is 36.5 Å². The second-order valence-electron chi connectivity index (χ2n) is 6.12. The van der Waals surface area contributed by atoms with Crippen LogP contribution in [0.5, 0.6) is 5.75 Å². The summed E-state index contributed by atoms with van der Waals surface area (Å²) in [6, 6.07) is 11.3. The van der Waals surface area contributed by atoms with E-state index >= 15 is 0 Å². The Bertz CT molecular complexity index is 764. The van der Waals surface area contributed by atoms with Gasteiger partial charge in [-0.3, -0.25) is 9.78 Å². The zero-order valence-corrected chi connectivity index (χ0v) is 16.9. The highest BCUT2D eigenvalue weighted by molar-refractivity contribution is 5.94. The van der Waals surface area contributed by atoms with Gasteiger partial charge in [0.2, 0.25) is 0 Å². The zero-order valence-electron chi connectivity index (χ0n) is 15.2. The molecule has 0 saturated carbocycles. The monoisotopic (exact) mass is 409 g/mol. The van der Waals surface area contributed by atoms with E-state index in [9.17, 15) is 4.79 Å². The maximum absolute atomic E-state index is 12.3. The molecule has 0 unspecified atom stereocenters. The molecule has 27 heavy (non-hydrogen) atoms. The second kappa shape index (κ2) is 11.6. The maximum Gasteiger partial charge on any atom is 0.251 e. The lowest BCUT2D eigenvalue weighted by molar-refractivity contribution is 0.0956. The molecule has 3 rings (SSSR count). The molecule has 2 heterocycles. The molecule has 1 aromatic heterocycles. The molecule has 7 heteroatoms. The van der Waals surface area contributed by atoms with Crippen LogP contribution in [0.2, 0.25) is 0 Å². The third kappa shape index (κ3) is 7.21. The first-order chi connectivity index (χ1) is 12.2. The number of nitrogens with zero attached hydrogens (tertiary/aromatic N) is 1. The van der Waals surface area contributed by atoms with E-state index in [1.54, 1.807) is 6.20 Å². The van der Waals surface area contributed by atoms with Gasteiger partial charge in [0.05, 0.1) is 6.20 Å². The van der Waals surface area contributed by atoms with Crippen molar-refractivity contribution in [3.63, 3.8) is 0 Å². The molecule has 0 saturated heterocycles. The van der Waals surface area contributed by atoms with Crippen LogP contribution in [-0.2, 0) is 6.61 Å². The maximum atomic E-state index is 12.3. The number of carbonyl (C=O) groups is 1. The summed E-state index contributed by atoms with van der Waals surface area (Å²) in [7, 11) is 0. The lowest BCUT2D eigenvalue weighted by Gasteiger charge is -2.14. The number of rotatable bonds is 6. The molecule has 1 aliphatic rings.